The van der Waals surface area contributed by atoms with Gasteiger partial charge in [0.25, 0.3) is 0 Å². The second-order valence-electron chi connectivity index (χ2n) is 5.93. The lowest BCUT2D eigenvalue weighted by atomic mass is 10.1. The Bertz CT molecular complexity index is 350. The summed E-state index contributed by atoms with van der Waals surface area (Å²) in [6, 6.07) is -0.0632. The zero-order chi connectivity index (χ0) is 16.0. The van der Waals surface area contributed by atoms with Crippen molar-refractivity contribution in [2.45, 2.75) is 52.7 Å². The number of ether oxygens (including phenoxy) is 1. The fraction of sp³-hybridized carbons (Fsp3) is 0.867. The van der Waals surface area contributed by atoms with Crippen LogP contribution in [0, 0.1) is 0 Å². The Morgan fingerprint density at radius 3 is 2.43 bits per heavy atom. The van der Waals surface area contributed by atoms with Crippen molar-refractivity contribution in [2.75, 3.05) is 32.8 Å². The average molecular weight is 299 g/mol. The van der Waals surface area contributed by atoms with Crippen molar-refractivity contribution >= 4 is 11.9 Å². The smallest absolute Gasteiger partial charge is 0.324 e. The maximum atomic E-state index is 12.5. The topological polar surface area (TPSA) is 61.9 Å². The van der Waals surface area contributed by atoms with Crippen LogP contribution in [0.4, 0.5) is 0 Å². The van der Waals surface area contributed by atoms with Gasteiger partial charge in [-0.25, -0.2) is 0 Å². The standard InChI is InChI=1S/C15H29N3O3/c1-6-21-15(20)13-9-16-7-8-17(13)10-14(19)18(11(2)3)12(4)5/h11-13,16H,6-10H2,1-5H3. The van der Waals surface area contributed by atoms with E-state index in [4.69, 9.17) is 4.74 Å². The summed E-state index contributed by atoms with van der Waals surface area (Å²) in [6.07, 6.45) is 0. The largest absolute Gasteiger partial charge is 0.465 e. The van der Waals surface area contributed by atoms with Crippen molar-refractivity contribution in [3.8, 4) is 0 Å². The minimum Gasteiger partial charge on any atom is -0.465 e. The first-order valence-electron chi connectivity index (χ1n) is 7.81. The van der Waals surface area contributed by atoms with E-state index in [1.165, 1.54) is 0 Å². The quantitative estimate of drug-likeness (QED) is 0.722. The van der Waals surface area contributed by atoms with Crippen LogP contribution >= 0.6 is 0 Å². The number of carbonyl (C=O) groups excluding carboxylic acids is 2. The number of amides is 1. The predicted octanol–water partition coefficient (Wildman–Crippen LogP) is 0.469. The van der Waals surface area contributed by atoms with E-state index in [0.29, 0.717) is 19.7 Å². The molecule has 1 aliphatic heterocycles. The number of piperazine rings is 1. The Morgan fingerprint density at radius 1 is 1.29 bits per heavy atom. The summed E-state index contributed by atoms with van der Waals surface area (Å²) in [5.74, 6) is -0.186. The molecule has 1 atom stereocenters. The van der Waals surface area contributed by atoms with Crippen molar-refractivity contribution in [1.82, 2.24) is 15.1 Å². The summed E-state index contributed by atoms with van der Waals surface area (Å²) >= 11 is 0. The van der Waals surface area contributed by atoms with Crippen LogP contribution in [0.25, 0.3) is 0 Å². The molecule has 0 bridgehead atoms. The summed E-state index contributed by atoms with van der Waals surface area (Å²) < 4.78 is 5.10. The highest BCUT2D eigenvalue weighted by molar-refractivity contribution is 5.81. The molecule has 0 aromatic heterocycles. The fourth-order valence-electron chi connectivity index (χ4n) is 2.83. The molecule has 122 valence electrons. The molecule has 0 aromatic carbocycles. The molecule has 1 aliphatic rings. The first kappa shape index (κ1) is 17.9. The van der Waals surface area contributed by atoms with E-state index in [1.54, 1.807) is 6.92 Å². The van der Waals surface area contributed by atoms with Gasteiger partial charge in [0.2, 0.25) is 5.91 Å². The molecular weight excluding hydrogens is 270 g/mol. The molecule has 1 N–H and O–H groups in total. The zero-order valence-electron chi connectivity index (χ0n) is 13.9. The minimum absolute atomic E-state index is 0.0659. The van der Waals surface area contributed by atoms with Crippen molar-refractivity contribution in [2.24, 2.45) is 0 Å². The van der Waals surface area contributed by atoms with E-state index < -0.39 is 0 Å². The molecular formula is C15H29N3O3. The van der Waals surface area contributed by atoms with Crippen LogP contribution in [-0.4, -0.2) is 72.6 Å². The molecule has 1 heterocycles. The van der Waals surface area contributed by atoms with Gasteiger partial charge in [0.1, 0.15) is 6.04 Å². The maximum absolute atomic E-state index is 12.5. The van der Waals surface area contributed by atoms with E-state index in [-0.39, 0.29) is 36.5 Å². The van der Waals surface area contributed by atoms with E-state index in [1.807, 2.05) is 37.5 Å². The third-order valence-corrected chi connectivity index (χ3v) is 3.65. The van der Waals surface area contributed by atoms with Gasteiger partial charge in [-0.05, 0) is 34.6 Å². The van der Waals surface area contributed by atoms with Gasteiger partial charge in [-0.2, -0.15) is 0 Å². The molecule has 21 heavy (non-hydrogen) atoms. The lowest BCUT2D eigenvalue weighted by Gasteiger charge is -2.37. The number of rotatable bonds is 6. The number of esters is 1. The first-order valence-corrected chi connectivity index (χ1v) is 7.81. The number of nitrogens with one attached hydrogen (secondary N) is 1. The number of nitrogens with zero attached hydrogens (tertiary/aromatic N) is 2. The van der Waals surface area contributed by atoms with Gasteiger partial charge in [0, 0.05) is 31.7 Å². The van der Waals surface area contributed by atoms with Gasteiger partial charge in [-0.1, -0.05) is 0 Å². The van der Waals surface area contributed by atoms with Gasteiger partial charge in [-0.3, -0.25) is 14.5 Å². The second kappa shape index (κ2) is 8.34. The van der Waals surface area contributed by atoms with Gasteiger partial charge >= 0.3 is 5.97 Å². The van der Waals surface area contributed by atoms with E-state index in [0.717, 1.165) is 6.54 Å². The van der Waals surface area contributed by atoms with Crippen molar-refractivity contribution in [3.63, 3.8) is 0 Å². The average Bonchev–Trinajstić information content (AvgIpc) is 2.38. The third-order valence-electron chi connectivity index (χ3n) is 3.65. The van der Waals surface area contributed by atoms with Gasteiger partial charge in [0.05, 0.1) is 13.2 Å². The number of carbonyl (C=O) groups is 2. The van der Waals surface area contributed by atoms with Crippen LogP contribution in [-0.2, 0) is 14.3 Å². The molecule has 0 aromatic rings. The van der Waals surface area contributed by atoms with E-state index >= 15 is 0 Å². The molecule has 1 saturated heterocycles. The van der Waals surface area contributed by atoms with Crippen LogP contribution in [0.3, 0.4) is 0 Å². The van der Waals surface area contributed by atoms with Crippen molar-refractivity contribution in [1.29, 1.82) is 0 Å². The minimum atomic E-state index is -0.371. The summed E-state index contributed by atoms with van der Waals surface area (Å²) in [5, 5.41) is 3.18. The Hall–Kier alpha value is -1.14. The summed E-state index contributed by atoms with van der Waals surface area (Å²) in [4.78, 5) is 28.3. The van der Waals surface area contributed by atoms with Gasteiger partial charge < -0.3 is 15.0 Å². The van der Waals surface area contributed by atoms with Crippen LogP contribution < -0.4 is 5.32 Å². The van der Waals surface area contributed by atoms with Crippen LogP contribution in [0.5, 0.6) is 0 Å². The number of hydrogen-bond donors (Lipinski definition) is 1. The molecule has 6 heteroatoms. The molecule has 6 nitrogen and oxygen atoms in total. The molecule has 1 unspecified atom stereocenters. The monoisotopic (exact) mass is 299 g/mol. The highest BCUT2D eigenvalue weighted by Gasteiger charge is 2.32. The summed E-state index contributed by atoms with van der Waals surface area (Å²) in [5.41, 5.74) is 0. The van der Waals surface area contributed by atoms with Crippen LogP contribution in [0.15, 0.2) is 0 Å². The molecule has 0 radical (unpaired) electrons. The first-order chi connectivity index (χ1) is 9.88. The molecule has 1 fully saturated rings. The van der Waals surface area contributed by atoms with Crippen molar-refractivity contribution in [3.05, 3.63) is 0 Å². The van der Waals surface area contributed by atoms with Gasteiger partial charge in [-0.15, -0.1) is 0 Å². The summed E-state index contributed by atoms with van der Waals surface area (Å²) in [6.45, 7) is 12.5. The fourth-order valence-corrected chi connectivity index (χ4v) is 2.83. The normalized spacial score (nSPS) is 19.9. The van der Waals surface area contributed by atoms with E-state index in [9.17, 15) is 9.59 Å². The summed E-state index contributed by atoms with van der Waals surface area (Å²) in [7, 11) is 0. The molecule has 0 aliphatic carbocycles. The SMILES string of the molecule is CCOC(=O)C1CNCCN1CC(=O)N(C(C)C)C(C)C. The second-order valence-corrected chi connectivity index (χ2v) is 5.93. The van der Waals surface area contributed by atoms with Gasteiger partial charge in [0.15, 0.2) is 0 Å². The third kappa shape index (κ3) is 4.97. The van der Waals surface area contributed by atoms with Crippen molar-refractivity contribution < 1.29 is 14.3 Å². The Balaban J connectivity index is 2.72. The lowest BCUT2D eigenvalue weighted by Crippen LogP contribution is -2.58. The highest BCUT2D eigenvalue weighted by atomic mass is 16.5. The van der Waals surface area contributed by atoms with E-state index in [2.05, 4.69) is 5.32 Å². The highest BCUT2D eigenvalue weighted by Crippen LogP contribution is 2.10. The predicted molar refractivity (Wildman–Crippen MR) is 82.0 cm³/mol. The molecule has 0 spiro atoms. The maximum Gasteiger partial charge on any atom is 0.324 e. The molecule has 0 saturated carbocycles. The Kier molecular flexibility index (Phi) is 7.11. The van der Waals surface area contributed by atoms with Crippen LogP contribution in [0.1, 0.15) is 34.6 Å². The molecule has 1 amide bonds. The number of hydrogen-bond acceptors (Lipinski definition) is 5. The molecule has 1 rings (SSSR count). The Morgan fingerprint density at radius 2 is 1.90 bits per heavy atom. The lowest BCUT2D eigenvalue weighted by molar-refractivity contribution is -0.151. The Labute approximate surface area is 127 Å². The zero-order valence-corrected chi connectivity index (χ0v) is 13.9. The van der Waals surface area contributed by atoms with Crippen LogP contribution in [0.2, 0.25) is 0 Å².